The Balaban J connectivity index is 2.69. The molecule has 0 fully saturated rings. The summed E-state index contributed by atoms with van der Waals surface area (Å²) in [5.74, 6) is -0.356. The molecule has 0 aliphatic carbocycles. The lowest BCUT2D eigenvalue weighted by atomic mass is 10.1. The molecule has 1 atom stereocenters. The maximum Gasteiger partial charge on any atom is 0.408 e. The molecule has 1 aromatic rings. The molecule has 0 saturated heterocycles. The minimum Gasteiger partial charge on any atom is -0.444 e. The smallest absolute Gasteiger partial charge is 0.408 e. The van der Waals surface area contributed by atoms with Crippen LogP contribution < -0.4 is 15.8 Å². The molecule has 7 heteroatoms. The first kappa shape index (κ1) is 18.5. The summed E-state index contributed by atoms with van der Waals surface area (Å²) in [7, 11) is 0. The van der Waals surface area contributed by atoms with Gasteiger partial charge in [-0.05, 0) is 33.8 Å². The fourth-order valence-corrected chi connectivity index (χ4v) is 1.69. The number of alkyl carbamates (subject to hydrolysis) is 1. The molecule has 0 aliphatic heterocycles. The summed E-state index contributed by atoms with van der Waals surface area (Å²) in [5, 5.41) is 9.75. The summed E-state index contributed by atoms with van der Waals surface area (Å²) in [5.41, 5.74) is 5.35. The number of hydrogen-bond acceptors (Lipinski definition) is 5. The number of amides is 1. The Morgan fingerprint density at radius 3 is 2.48 bits per heavy atom. The molecular formula is C16H23N3O4. The highest BCUT2D eigenvalue weighted by molar-refractivity contribution is 5.84. The Bertz CT molecular complexity index is 593. The van der Waals surface area contributed by atoms with Crippen LogP contribution in [0.5, 0.6) is 5.75 Å². The second-order valence-corrected chi connectivity index (χ2v) is 6.10. The van der Waals surface area contributed by atoms with E-state index in [2.05, 4.69) is 5.32 Å². The Hall–Kier alpha value is -2.57. The third-order valence-electron chi connectivity index (χ3n) is 2.65. The number of amidine groups is 1. The van der Waals surface area contributed by atoms with E-state index < -0.39 is 23.7 Å². The minimum absolute atomic E-state index is 0.0339. The highest BCUT2D eigenvalue weighted by Crippen LogP contribution is 2.19. The van der Waals surface area contributed by atoms with E-state index in [1.54, 1.807) is 45.0 Å². The van der Waals surface area contributed by atoms with Gasteiger partial charge in [-0.3, -0.25) is 5.41 Å². The van der Waals surface area contributed by atoms with Crippen LogP contribution in [0.4, 0.5) is 4.79 Å². The van der Waals surface area contributed by atoms with Crippen LogP contribution in [0.2, 0.25) is 0 Å². The summed E-state index contributed by atoms with van der Waals surface area (Å²) in [4.78, 5) is 23.7. The van der Waals surface area contributed by atoms with E-state index in [0.717, 1.165) is 0 Å². The van der Waals surface area contributed by atoms with E-state index in [9.17, 15) is 9.59 Å². The first-order valence-electron chi connectivity index (χ1n) is 7.20. The molecular weight excluding hydrogens is 298 g/mol. The first-order chi connectivity index (χ1) is 10.6. The zero-order valence-electron chi connectivity index (χ0n) is 13.8. The third kappa shape index (κ3) is 6.82. The average molecular weight is 321 g/mol. The van der Waals surface area contributed by atoms with E-state index in [0.29, 0.717) is 11.3 Å². The van der Waals surface area contributed by atoms with Gasteiger partial charge in [0.15, 0.2) is 0 Å². The van der Waals surface area contributed by atoms with Gasteiger partial charge in [0.2, 0.25) is 0 Å². The number of benzene rings is 1. The highest BCUT2D eigenvalue weighted by atomic mass is 16.6. The molecule has 0 unspecified atom stereocenters. The van der Waals surface area contributed by atoms with Gasteiger partial charge in [0, 0.05) is 12.0 Å². The molecule has 0 aliphatic rings. The summed E-state index contributed by atoms with van der Waals surface area (Å²) in [6.45, 7) is 6.69. The van der Waals surface area contributed by atoms with Crippen molar-refractivity contribution < 1.29 is 19.1 Å². The standard InChI is InChI=1S/C16H23N3O4/c1-10(19-15(21)23-16(2,3)4)14(20)22-12-8-6-5-7-11(12)9-13(17)18/h5-8,10H,9H2,1-4H3,(H3,17,18)(H,19,21)/t10-/m0/s1. The van der Waals surface area contributed by atoms with E-state index in [1.165, 1.54) is 6.92 Å². The molecule has 4 N–H and O–H groups in total. The summed E-state index contributed by atoms with van der Waals surface area (Å²) >= 11 is 0. The van der Waals surface area contributed by atoms with Crippen molar-refractivity contribution in [3.8, 4) is 5.75 Å². The molecule has 1 amide bonds. The normalized spacial score (nSPS) is 12.2. The number of nitrogens with one attached hydrogen (secondary N) is 2. The van der Waals surface area contributed by atoms with E-state index in [-0.39, 0.29) is 12.3 Å². The molecule has 0 aromatic heterocycles. The van der Waals surface area contributed by atoms with Gasteiger partial charge in [-0.2, -0.15) is 0 Å². The predicted molar refractivity (Wildman–Crippen MR) is 86.5 cm³/mol. The minimum atomic E-state index is -0.879. The number of carbonyl (C=O) groups is 2. The maximum absolute atomic E-state index is 12.1. The largest absolute Gasteiger partial charge is 0.444 e. The van der Waals surface area contributed by atoms with Gasteiger partial charge in [-0.15, -0.1) is 0 Å². The Labute approximate surface area is 135 Å². The zero-order chi connectivity index (χ0) is 17.6. The molecule has 1 rings (SSSR count). The van der Waals surface area contributed by atoms with Crippen molar-refractivity contribution in [1.82, 2.24) is 5.32 Å². The molecule has 7 nitrogen and oxygen atoms in total. The topological polar surface area (TPSA) is 114 Å². The Morgan fingerprint density at radius 1 is 1.30 bits per heavy atom. The number of esters is 1. The van der Waals surface area contributed by atoms with Crippen molar-refractivity contribution in [3.63, 3.8) is 0 Å². The van der Waals surface area contributed by atoms with E-state index in [4.69, 9.17) is 20.6 Å². The van der Waals surface area contributed by atoms with Crippen molar-refractivity contribution >= 4 is 17.9 Å². The molecule has 1 aromatic carbocycles. The van der Waals surface area contributed by atoms with Crippen molar-refractivity contribution in [2.45, 2.75) is 45.8 Å². The molecule has 126 valence electrons. The van der Waals surface area contributed by atoms with Crippen LogP contribution in [0.25, 0.3) is 0 Å². The Morgan fingerprint density at radius 2 is 1.91 bits per heavy atom. The quantitative estimate of drug-likeness (QED) is 0.332. The second kappa shape index (κ2) is 7.62. The summed E-state index contributed by atoms with van der Waals surface area (Å²) < 4.78 is 10.4. The summed E-state index contributed by atoms with van der Waals surface area (Å²) in [6.07, 6.45) is -0.517. The number of nitrogens with two attached hydrogens (primary N) is 1. The van der Waals surface area contributed by atoms with Crippen LogP contribution in [-0.4, -0.2) is 29.5 Å². The summed E-state index contributed by atoms with van der Waals surface area (Å²) in [6, 6.07) is 5.91. The van der Waals surface area contributed by atoms with Crippen LogP contribution >= 0.6 is 0 Å². The van der Waals surface area contributed by atoms with Gasteiger partial charge in [0.1, 0.15) is 17.4 Å². The first-order valence-corrected chi connectivity index (χ1v) is 7.20. The third-order valence-corrected chi connectivity index (χ3v) is 2.65. The second-order valence-electron chi connectivity index (χ2n) is 6.10. The monoisotopic (exact) mass is 321 g/mol. The number of carbonyl (C=O) groups excluding carboxylic acids is 2. The zero-order valence-corrected chi connectivity index (χ0v) is 13.8. The van der Waals surface area contributed by atoms with Gasteiger partial charge in [-0.25, -0.2) is 9.59 Å². The van der Waals surface area contributed by atoms with Crippen LogP contribution in [0.3, 0.4) is 0 Å². The van der Waals surface area contributed by atoms with E-state index in [1.807, 2.05) is 0 Å². The van der Waals surface area contributed by atoms with Crippen LogP contribution in [0, 0.1) is 5.41 Å². The Kier molecular flexibility index (Phi) is 6.12. The predicted octanol–water partition coefficient (Wildman–Crippen LogP) is 1.98. The van der Waals surface area contributed by atoms with Crippen LogP contribution in [-0.2, 0) is 16.0 Å². The SMILES string of the molecule is C[C@H](NC(=O)OC(C)(C)C)C(=O)Oc1ccccc1CC(=N)N. The lowest BCUT2D eigenvalue weighted by Crippen LogP contribution is -2.43. The molecule has 0 heterocycles. The van der Waals surface area contributed by atoms with Gasteiger partial charge in [-0.1, -0.05) is 18.2 Å². The van der Waals surface area contributed by atoms with Crippen molar-refractivity contribution in [2.75, 3.05) is 0 Å². The number of hydrogen-bond donors (Lipinski definition) is 3. The van der Waals surface area contributed by atoms with Crippen LogP contribution in [0.15, 0.2) is 24.3 Å². The number of rotatable bonds is 5. The molecule has 0 bridgehead atoms. The van der Waals surface area contributed by atoms with Crippen LogP contribution in [0.1, 0.15) is 33.3 Å². The average Bonchev–Trinajstić information content (AvgIpc) is 2.37. The molecule has 0 saturated carbocycles. The fourth-order valence-electron chi connectivity index (χ4n) is 1.69. The van der Waals surface area contributed by atoms with Crippen molar-refractivity contribution in [1.29, 1.82) is 5.41 Å². The molecule has 0 radical (unpaired) electrons. The van der Waals surface area contributed by atoms with Gasteiger partial charge in [0.05, 0.1) is 5.84 Å². The molecule has 23 heavy (non-hydrogen) atoms. The van der Waals surface area contributed by atoms with E-state index >= 15 is 0 Å². The van der Waals surface area contributed by atoms with Gasteiger partial charge in [0.25, 0.3) is 0 Å². The van der Waals surface area contributed by atoms with Gasteiger partial charge < -0.3 is 20.5 Å². The number of para-hydroxylation sites is 1. The van der Waals surface area contributed by atoms with Crippen molar-refractivity contribution in [2.24, 2.45) is 5.73 Å². The number of ether oxygens (including phenoxy) is 2. The van der Waals surface area contributed by atoms with Crippen molar-refractivity contribution in [3.05, 3.63) is 29.8 Å². The lowest BCUT2D eigenvalue weighted by molar-refractivity contribution is -0.136. The lowest BCUT2D eigenvalue weighted by Gasteiger charge is -2.21. The molecule has 0 spiro atoms. The maximum atomic E-state index is 12.1. The highest BCUT2D eigenvalue weighted by Gasteiger charge is 2.22. The fraction of sp³-hybridized carbons (Fsp3) is 0.438. The van der Waals surface area contributed by atoms with Gasteiger partial charge >= 0.3 is 12.1 Å².